The number of carbonyl (C=O) groups is 1. The number of ether oxygens (including phenoxy) is 1. The fourth-order valence-corrected chi connectivity index (χ4v) is 5.27. The Labute approximate surface area is 206 Å². The van der Waals surface area contributed by atoms with E-state index in [9.17, 15) is 4.79 Å². The fourth-order valence-electron chi connectivity index (χ4n) is 4.21. The summed E-state index contributed by atoms with van der Waals surface area (Å²) in [4.78, 5) is 18.9. The number of aryl methyl sites for hydroxylation is 1. The van der Waals surface area contributed by atoms with Crippen LogP contribution >= 0.6 is 23.4 Å². The van der Waals surface area contributed by atoms with Crippen molar-refractivity contribution in [2.24, 2.45) is 4.99 Å². The third-order valence-electron chi connectivity index (χ3n) is 5.84. The smallest absolute Gasteiger partial charge is 0.283 e. The van der Waals surface area contributed by atoms with E-state index in [4.69, 9.17) is 21.7 Å². The van der Waals surface area contributed by atoms with Gasteiger partial charge in [-0.05, 0) is 55.3 Å². The van der Waals surface area contributed by atoms with Gasteiger partial charge >= 0.3 is 0 Å². The average Bonchev–Trinajstić information content (AvgIpc) is 3.37. The van der Waals surface area contributed by atoms with Crippen LogP contribution in [0.5, 0.6) is 5.75 Å². The molecule has 0 spiro atoms. The first-order chi connectivity index (χ1) is 16.4. The molecule has 0 radical (unpaired) electrons. The molecule has 8 heteroatoms. The number of halogens is 1. The lowest BCUT2D eigenvalue weighted by atomic mass is 10.1. The fraction of sp³-hybridized carbons (Fsp3) is 0.115. The lowest BCUT2D eigenvalue weighted by molar-refractivity contribution is -0.114. The van der Waals surface area contributed by atoms with Crippen LogP contribution in [0.25, 0.3) is 17.5 Å². The molecule has 3 heterocycles. The molecular weight excluding hydrogens is 468 g/mol. The Hall–Kier alpha value is -3.55. The molecule has 34 heavy (non-hydrogen) atoms. The largest absolute Gasteiger partial charge is 0.495 e. The van der Waals surface area contributed by atoms with Gasteiger partial charge in [-0.3, -0.25) is 15.1 Å². The van der Waals surface area contributed by atoms with Crippen molar-refractivity contribution in [1.82, 2.24) is 9.47 Å². The molecule has 3 aromatic rings. The number of nitrogens with zero attached hydrogens (tertiary/aromatic N) is 3. The zero-order valence-corrected chi connectivity index (χ0v) is 20.4. The highest BCUT2D eigenvalue weighted by atomic mass is 35.5. The van der Waals surface area contributed by atoms with Crippen molar-refractivity contribution in [3.05, 3.63) is 93.1 Å². The van der Waals surface area contributed by atoms with Crippen LogP contribution in [0.1, 0.15) is 22.5 Å². The van der Waals surface area contributed by atoms with Gasteiger partial charge in [0.25, 0.3) is 5.91 Å². The van der Waals surface area contributed by atoms with Crippen molar-refractivity contribution in [2.75, 3.05) is 7.11 Å². The highest BCUT2D eigenvalue weighted by Gasteiger charge is 2.36. The topological polar surface area (TPSA) is 70.7 Å². The highest BCUT2D eigenvalue weighted by Crippen LogP contribution is 2.38. The van der Waals surface area contributed by atoms with Gasteiger partial charge in [0.05, 0.1) is 24.1 Å². The second-order valence-electron chi connectivity index (χ2n) is 7.91. The molecule has 1 amide bonds. The van der Waals surface area contributed by atoms with E-state index in [-0.39, 0.29) is 11.4 Å². The van der Waals surface area contributed by atoms with E-state index < -0.39 is 5.91 Å². The number of fused-ring (bicyclic) bond motifs is 1. The van der Waals surface area contributed by atoms with E-state index in [1.807, 2.05) is 72.4 Å². The van der Waals surface area contributed by atoms with Crippen LogP contribution in [0, 0.1) is 19.3 Å². The summed E-state index contributed by atoms with van der Waals surface area (Å²) in [5.74, 6) is 0.379. The molecule has 0 bridgehead atoms. The Morgan fingerprint density at radius 1 is 1.12 bits per heavy atom. The normalized spacial score (nSPS) is 16.6. The quantitative estimate of drug-likeness (QED) is 0.453. The second kappa shape index (κ2) is 8.66. The van der Waals surface area contributed by atoms with Gasteiger partial charge in [-0.15, -0.1) is 0 Å². The molecular formula is C26H21ClN4O2S. The minimum Gasteiger partial charge on any atom is -0.495 e. The zero-order chi connectivity index (χ0) is 24.0. The number of thioether (sulfide) groups is 1. The lowest BCUT2D eigenvalue weighted by Gasteiger charge is -2.26. The first kappa shape index (κ1) is 22.3. The van der Waals surface area contributed by atoms with Crippen molar-refractivity contribution in [2.45, 2.75) is 13.8 Å². The minimum atomic E-state index is -0.420. The molecule has 6 nitrogen and oxygen atoms in total. The lowest BCUT2D eigenvalue weighted by Crippen LogP contribution is -2.38. The summed E-state index contributed by atoms with van der Waals surface area (Å²) in [7, 11) is 1.62. The van der Waals surface area contributed by atoms with E-state index >= 15 is 0 Å². The molecule has 0 saturated carbocycles. The Morgan fingerprint density at radius 2 is 1.88 bits per heavy atom. The van der Waals surface area contributed by atoms with Gasteiger partial charge in [0, 0.05) is 21.8 Å². The van der Waals surface area contributed by atoms with Crippen molar-refractivity contribution in [3.63, 3.8) is 0 Å². The molecule has 1 N–H and O–H groups in total. The molecule has 0 fully saturated rings. The highest BCUT2D eigenvalue weighted by molar-refractivity contribution is 8.17. The molecule has 170 valence electrons. The number of nitrogens with one attached hydrogen (secondary N) is 1. The Morgan fingerprint density at radius 3 is 2.62 bits per heavy atom. The van der Waals surface area contributed by atoms with Gasteiger partial charge < -0.3 is 9.30 Å². The number of hydrogen-bond acceptors (Lipinski definition) is 4. The van der Waals surface area contributed by atoms with Gasteiger partial charge in [-0.1, -0.05) is 53.7 Å². The summed E-state index contributed by atoms with van der Waals surface area (Å²) in [6.45, 7) is 3.94. The average molecular weight is 489 g/mol. The molecule has 2 aromatic carbocycles. The molecule has 0 unspecified atom stereocenters. The maximum atomic E-state index is 12.9. The van der Waals surface area contributed by atoms with Crippen LogP contribution in [0.15, 0.2) is 70.6 Å². The molecule has 2 aliphatic heterocycles. The number of hydrogen-bond donors (Lipinski definition) is 1. The number of carbonyl (C=O) groups excluding carboxylic acids is 1. The van der Waals surface area contributed by atoms with Crippen LogP contribution in [0.2, 0.25) is 5.02 Å². The van der Waals surface area contributed by atoms with Crippen LogP contribution in [0.4, 0.5) is 0 Å². The Bertz CT molecular complexity index is 1440. The second-order valence-corrected chi connectivity index (χ2v) is 9.18. The SMILES string of the molecule is COc1ccc(Cl)cc1-n1c(C)cc(C=C2C(=N)N3C(c4ccccc4)=CSC3=NC2=O)c1C. The van der Waals surface area contributed by atoms with Crippen molar-refractivity contribution >= 4 is 52.0 Å². The molecule has 0 saturated heterocycles. The minimum absolute atomic E-state index is 0.111. The maximum Gasteiger partial charge on any atom is 0.283 e. The summed E-state index contributed by atoms with van der Waals surface area (Å²) in [5, 5.41) is 11.9. The monoisotopic (exact) mass is 488 g/mol. The number of amidine groups is 2. The van der Waals surface area contributed by atoms with Crippen LogP contribution in [-0.2, 0) is 4.79 Å². The third kappa shape index (κ3) is 3.67. The van der Waals surface area contributed by atoms with Gasteiger partial charge in [0.2, 0.25) is 0 Å². The van der Waals surface area contributed by atoms with Crippen molar-refractivity contribution in [3.8, 4) is 11.4 Å². The van der Waals surface area contributed by atoms with Crippen molar-refractivity contribution in [1.29, 1.82) is 5.41 Å². The predicted octanol–water partition coefficient (Wildman–Crippen LogP) is 6.06. The van der Waals surface area contributed by atoms with Gasteiger partial charge in [-0.25, -0.2) is 0 Å². The van der Waals surface area contributed by atoms with Crippen LogP contribution in [0.3, 0.4) is 0 Å². The van der Waals surface area contributed by atoms with Gasteiger partial charge in [0.1, 0.15) is 11.6 Å². The summed E-state index contributed by atoms with van der Waals surface area (Å²) in [5.41, 5.74) is 5.52. The van der Waals surface area contributed by atoms with E-state index in [1.54, 1.807) is 24.2 Å². The van der Waals surface area contributed by atoms with Crippen LogP contribution < -0.4 is 4.74 Å². The number of methoxy groups -OCH3 is 1. The summed E-state index contributed by atoms with van der Waals surface area (Å²) >= 11 is 7.62. The Balaban J connectivity index is 1.57. The molecule has 5 rings (SSSR count). The molecule has 0 aliphatic carbocycles. The maximum absolute atomic E-state index is 12.9. The number of aliphatic imine (C=N–C) groups is 1. The zero-order valence-electron chi connectivity index (χ0n) is 18.8. The van der Waals surface area contributed by atoms with E-state index in [0.717, 1.165) is 33.9 Å². The first-order valence-corrected chi connectivity index (χ1v) is 11.8. The van der Waals surface area contributed by atoms with E-state index in [2.05, 4.69) is 4.99 Å². The summed E-state index contributed by atoms with van der Waals surface area (Å²) < 4.78 is 7.57. The van der Waals surface area contributed by atoms with Crippen molar-refractivity contribution < 1.29 is 9.53 Å². The van der Waals surface area contributed by atoms with Crippen LogP contribution in [-0.4, -0.2) is 33.5 Å². The number of aromatic nitrogens is 1. The Kier molecular flexibility index (Phi) is 5.67. The first-order valence-electron chi connectivity index (χ1n) is 10.6. The molecule has 1 aromatic heterocycles. The number of benzene rings is 2. The molecule has 2 aliphatic rings. The number of amides is 1. The number of rotatable bonds is 4. The van der Waals surface area contributed by atoms with E-state index in [1.165, 1.54) is 11.8 Å². The summed E-state index contributed by atoms with van der Waals surface area (Å²) in [6, 6.07) is 17.2. The van der Waals surface area contributed by atoms with Gasteiger partial charge in [0.15, 0.2) is 5.17 Å². The van der Waals surface area contributed by atoms with Gasteiger partial charge in [-0.2, -0.15) is 4.99 Å². The predicted molar refractivity (Wildman–Crippen MR) is 139 cm³/mol. The standard InChI is InChI=1S/C26H21ClN4O2S/c1-15-11-18(16(2)30(15)21-13-19(27)9-10-23(21)33-3)12-20-24(28)31-22(17-7-5-4-6-8-17)14-34-26(31)29-25(20)32/h4-14,28H,1-3H3. The van der Waals surface area contributed by atoms with E-state index in [0.29, 0.717) is 15.9 Å². The molecule has 0 atom stereocenters. The third-order valence-corrected chi connectivity index (χ3v) is 6.90. The summed E-state index contributed by atoms with van der Waals surface area (Å²) in [6.07, 6.45) is 1.74.